The predicted molar refractivity (Wildman–Crippen MR) is 63.3 cm³/mol. The van der Waals surface area contributed by atoms with Crippen LogP contribution in [0, 0.1) is 5.92 Å². The Morgan fingerprint density at radius 1 is 1.31 bits per heavy atom. The number of carboxylic acids is 1. The molecule has 16 heavy (non-hydrogen) atoms. The van der Waals surface area contributed by atoms with Gasteiger partial charge in [-0.2, -0.15) is 0 Å². The average molecular weight is 223 g/mol. The van der Waals surface area contributed by atoms with Gasteiger partial charge >= 0.3 is 5.97 Å². The predicted octanol–water partition coefficient (Wildman–Crippen LogP) is 2.28. The molecule has 1 N–H and O–H groups in total. The lowest BCUT2D eigenvalue weighted by Crippen LogP contribution is -2.46. The van der Waals surface area contributed by atoms with Crippen molar-refractivity contribution in [2.45, 2.75) is 44.6 Å². The van der Waals surface area contributed by atoms with Crippen LogP contribution in [0.2, 0.25) is 0 Å². The molecule has 2 aliphatic rings. The highest BCUT2D eigenvalue weighted by atomic mass is 16.4. The minimum absolute atomic E-state index is 0.223. The van der Waals surface area contributed by atoms with Gasteiger partial charge in [-0.3, -0.25) is 9.69 Å². The summed E-state index contributed by atoms with van der Waals surface area (Å²) in [7, 11) is 0. The van der Waals surface area contributed by atoms with Crippen LogP contribution in [-0.4, -0.2) is 35.1 Å². The molecule has 2 atom stereocenters. The summed E-state index contributed by atoms with van der Waals surface area (Å²) in [6, 6.07) is -0.223. The van der Waals surface area contributed by atoms with Crippen LogP contribution in [0.3, 0.4) is 0 Å². The van der Waals surface area contributed by atoms with Crippen molar-refractivity contribution < 1.29 is 9.90 Å². The third-order valence-corrected chi connectivity index (χ3v) is 3.77. The molecule has 0 amide bonds. The maximum Gasteiger partial charge on any atom is 0.320 e. The van der Waals surface area contributed by atoms with Gasteiger partial charge in [0.1, 0.15) is 6.04 Å². The maximum absolute atomic E-state index is 11.2. The summed E-state index contributed by atoms with van der Waals surface area (Å²) in [5.41, 5.74) is 0. The fraction of sp³-hybridized carbons (Fsp3) is 0.769. The Kier molecular flexibility index (Phi) is 3.99. The monoisotopic (exact) mass is 223 g/mol. The van der Waals surface area contributed by atoms with Gasteiger partial charge in [-0.1, -0.05) is 18.6 Å². The number of hydrogen-bond acceptors (Lipinski definition) is 2. The molecule has 0 aromatic heterocycles. The normalized spacial score (nSPS) is 31.5. The van der Waals surface area contributed by atoms with E-state index in [0.717, 1.165) is 45.2 Å². The first-order valence-electron chi connectivity index (χ1n) is 6.39. The van der Waals surface area contributed by atoms with Crippen LogP contribution >= 0.6 is 0 Å². The van der Waals surface area contributed by atoms with Crippen LogP contribution < -0.4 is 0 Å². The first kappa shape index (κ1) is 11.6. The number of rotatable bonds is 3. The van der Waals surface area contributed by atoms with E-state index in [1.54, 1.807) is 0 Å². The van der Waals surface area contributed by atoms with E-state index in [1.807, 2.05) is 0 Å². The van der Waals surface area contributed by atoms with Crippen molar-refractivity contribution >= 4 is 5.97 Å². The third-order valence-electron chi connectivity index (χ3n) is 3.77. The summed E-state index contributed by atoms with van der Waals surface area (Å²) < 4.78 is 0. The number of likely N-dealkylation sites (tertiary alicyclic amines) is 1. The lowest BCUT2D eigenvalue weighted by atomic mass is 9.92. The minimum atomic E-state index is -0.633. The number of hydrogen-bond donors (Lipinski definition) is 1. The summed E-state index contributed by atoms with van der Waals surface area (Å²) in [6.07, 6.45) is 11.1. The second-order valence-electron chi connectivity index (χ2n) is 5.00. The van der Waals surface area contributed by atoms with E-state index in [4.69, 9.17) is 0 Å². The van der Waals surface area contributed by atoms with E-state index in [9.17, 15) is 9.90 Å². The highest BCUT2D eigenvalue weighted by Gasteiger charge is 2.29. The fourth-order valence-electron chi connectivity index (χ4n) is 2.84. The SMILES string of the molecule is O=C(O)C1CCCCN1CC1CC=CCC1. The fourth-order valence-corrected chi connectivity index (χ4v) is 2.84. The van der Waals surface area contributed by atoms with Crippen LogP contribution in [0.5, 0.6) is 0 Å². The second-order valence-corrected chi connectivity index (χ2v) is 5.00. The highest BCUT2D eigenvalue weighted by Crippen LogP contribution is 2.24. The standard InChI is InChI=1S/C13H21NO2/c15-13(16)12-8-4-5-9-14(12)10-11-6-2-1-3-7-11/h1-2,11-12H,3-10H2,(H,15,16). The Morgan fingerprint density at radius 3 is 2.88 bits per heavy atom. The Hall–Kier alpha value is -0.830. The van der Waals surface area contributed by atoms with Crippen LogP contribution in [0.15, 0.2) is 12.2 Å². The van der Waals surface area contributed by atoms with Gasteiger partial charge in [0.25, 0.3) is 0 Å². The first-order valence-corrected chi connectivity index (χ1v) is 6.39. The van der Waals surface area contributed by atoms with Gasteiger partial charge in [0.05, 0.1) is 0 Å². The van der Waals surface area contributed by atoms with Gasteiger partial charge < -0.3 is 5.11 Å². The molecule has 3 nitrogen and oxygen atoms in total. The Labute approximate surface area is 97.1 Å². The minimum Gasteiger partial charge on any atom is -0.480 e. The van der Waals surface area contributed by atoms with Crippen LogP contribution in [0.25, 0.3) is 0 Å². The third kappa shape index (κ3) is 2.85. The molecule has 0 aromatic rings. The zero-order valence-electron chi connectivity index (χ0n) is 9.77. The van der Waals surface area contributed by atoms with Crippen LogP contribution in [0.4, 0.5) is 0 Å². The number of nitrogens with zero attached hydrogens (tertiary/aromatic N) is 1. The summed E-state index contributed by atoms with van der Waals surface area (Å²) in [6.45, 7) is 1.94. The summed E-state index contributed by atoms with van der Waals surface area (Å²) in [4.78, 5) is 13.3. The molecule has 2 unspecified atom stereocenters. The van der Waals surface area contributed by atoms with Gasteiger partial charge in [-0.15, -0.1) is 0 Å². The smallest absolute Gasteiger partial charge is 0.320 e. The van der Waals surface area contributed by atoms with E-state index < -0.39 is 5.97 Å². The van der Waals surface area contributed by atoms with Gasteiger partial charge in [0, 0.05) is 6.54 Å². The number of carboxylic acid groups (broad SMARTS) is 1. The van der Waals surface area contributed by atoms with Gasteiger partial charge in [-0.25, -0.2) is 0 Å². The van der Waals surface area contributed by atoms with Gasteiger partial charge in [0.15, 0.2) is 0 Å². The molecular weight excluding hydrogens is 202 g/mol. The maximum atomic E-state index is 11.2. The number of piperidine rings is 1. The summed E-state index contributed by atoms with van der Waals surface area (Å²) in [5.74, 6) is 0.0380. The molecule has 3 heteroatoms. The molecule has 0 radical (unpaired) electrons. The number of carbonyl (C=O) groups is 1. The summed E-state index contributed by atoms with van der Waals surface area (Å²) in [5, 5.41) is 9.18. The molecule has 0 spiro atoms. The van der Waals surface area contributed by atoms with E-state index in [1.165, 1.54) is 6.42 Å². The Balaban J connectivity index is 1.90. The largest absolute Gasteiger partial charge is 0.480 e. The molecule has 1 fully saturated rings. The van der Waals surface area contributed by atoms with Gasteiger partial charge in [0.2, 0.25) is 0 Å². The van der Waals surface area contributed by atoms with E-state index in [2.05, 4.69) is 17.1 Å². The van der Waals surface area contributed by atoms with Crippen LogP contribution in [-0.2, 0) is 4.79 Å². The second kappa shape index (κ2) is 5.48. The molecule has 1 aliphatic heterocycles. The van der Waals surface area contributed by atoms with Crippen molar-refractivity contribution in [2.24, 2.45) is 5.92 Å². The van der Waals surface area contributed by atoms with E-state index >= 15 is 0 Å². The molecule has 0 aromatic carbocycles. The quantitative estimate of drug-likeness (QED) is 0.746. The van der Waals surface area contributed by atoms with Crippen LogP contribution in [0.1, 0.15) is 38.5 Å². The molecule has 1 saturated heterocycles. The zero-order valence-corrected chi connectivity index (χ0v) is 9.77. The number of allylic oxidation sites excluding steroid dienone is 2. The van der Waals surface area contributed by atoms with Crippen molar-refractivity contribution in [1.82, 2.24) is 4.90 Å². The lowest BCUT2D eigenvalue weighted by Gasteiger charge is -2.35. The van der Waals surface area contributed by atoms with Gasteiger partial charge in [-0.05, 0) is 44.6 Å². The molecule has 0 saturated carbocycles. The molecular formula is C13H21NO2. The van der Waals surface area contributed by atoms with Crippen molar-refractivity contribution in [2.75, 3.05) is 13.1 Å². The van der Waals surface area contributed by atoms with Crippen molar-refractivity contribution in [1.29, 1.82) is 0 Å². The molecule has 2 rings (SSSR count). The molecule has 1 heterocycles. The zero-order chi connectivity index (χ0) is 11.4. The van der Waals surface area contributed by atoms with Crippen molar-refractivity contribution in [3.05, 3.63) is 12.2 Å². The first-order chi connectivity index (χ1) is 7.77. The highest BCUT2D eigenvalue weighted by molar-refractivity contribution is 5.73. The summed E-state index contributed by atoms with van der Waals surface area (Å²) >= 11 is 0. The van der Waals surface area contributed by atoms with E-state index in [-0.39, 0.29) is 6.04 Å². The van der Waals surface area contributed by atoms with E-state index in [0.29, 0.717) is 5.92 Å². The molecule has 0 bridgehead atoms. The number of aliphatic carboxylic acids is 1. The van der Waals surface area contributed by atoms with Crippen molar-refractivity contribution in [3.63, 3.8) is 0 Å². The lowest BCUT2D eigenvalue weighted by molar-refractivity contribution is -0.144. The van der Waals surface area contributed by atoms with Crippen molar-refractivity contribution in [3.8, 4) is 0 Å². The molecule has 1 aliphatic carbocycles. The Bertz CT molecular complexity index is 275. The molecule has 90 valence electrons. The average Bonchev–Trinajstić information content (AvgIpc) is 2.31. The topological polar surface area (TPSA) is 40.5 Å². The Morgan fingerprint density at radius 2 is 2.19 bits per heavy atom.